The Balaban J connectivity index is 1.86. The van der Waals surface area contributed by atoms with Gasteiger partial charge in [0.2, 0.25) is 0 Å². The molecule has 3 aromatic rings. The van der Waals surface area contributed by atoms with Crippen molar-refractivity contribution in [2.75, 3.05) is 13.2 Å². The van der Waals surface area contributed by atoms with Gasteiger partial charge in [0, 0.05) is 10.4 Å². The Morgan fingerprint density at radius 2 is 1.86 bits per heavy atom. The maximum absolute atomic E-state index is 11.5. The van der Waals surface area contributed by atoms with E-state index in [1.54, 1.807) is 25.1 Å². The Bertz CT molecular complexity index is 965. The molecule has 1 aromatic heterocycles. The number of carbonyl (C=O) groups is 1. The molecule has 0 radical (unpaired) electrons. The predicted octanol–water partition coefficient (Wildman–Crippen LogP) is 4.08. The number of aliphatic hydroxyl groups excluding tert-OH is 1. The average molecular weight is 400 g/mol. The second-order valence-corrected chi connectivity index (χ2v) is 7.07. The molecular formula is C21H20O6S. The number of ether oxygens (including phenoxy) is 2. The molecule has 0 aliphatic heterocycles. The van der Waals surface area contributed by atoms with Crippen molar-refractivity contribution >= 4 is 17.3 Å². The van der Waals surface area contributed by atoms with Gasteiger partial charge in [0.15, 0.2) is 16.4 Å². The highest BCUT2D eigenvalue weighted by Gasteiger charge is 2.23. The summed E-state index contributed by atoms with van der Waals surface area (Å²) in [5.74, 6) is -0.544. The third-order valence-corrected chi connectivity index (χ3v) is 5.39. The van der Waals surface area contributed by atoms with E-state index in [0.717, 1.165) is 16.9 Å². The molecule has 0 spiro atoms. The van der Waals surface area contributed by atoms with Crippen LogP contribution >= 0.6 is 11.3 Å². The summed E-state index contributed by atoms with van der Waals surface area (Å²) in [6.07, 6.45) is 0. The molecular weight excluding hydrogens is 380 g/mol. The number of rotatable bonds is 8. The molecule has 0 saturated carbocycles. The standard InChI is InChI=1S/C21H20O6S/c1-13-18(26-10-9-22)20(21(24)25)28-19(13)15-7-8-17(16(23)11-15)27-12-14-5-3-2-4-6-14/h2-8,11,22-23H,9-10,12H2,1H3,(H,24,25). The van der Waals surface area contributed by atoms with Gasteiger partial charge in [0.1, 0.15) is 19.0 Å². The van der Waals surface area contributed by atoms with Crippen LogP contribution in [0.3, 0.4) is 0 Å². The van der Waals surface area contributed by atoms with Crippen molar-refractivity contribution in [2.45, 2.75) is 13.5 Å². The van der Waals surface area contributed by atoms with Crippen LogP contribution in [-0.2, 0) is 6.61 Å². The number of hydrogen-bond donors (Lipinski definition) is 3. The Morgan fingerprint density at radius 1 is 1.11 bits per heavy atom. The van der Waals surface area contributed by atoms with Crippen LogP contribution in [0.25, 0.3) is 10.4 Å². The third-order valence-electron chi connectivity index (χ3n) is 4.08. The van der Waals surface area contributed by atoms with Crippen LogP contribution in [0.15, 0.2) is 48.5 Å². The number of benzene rings is 2. The predicted molar refractivity (Wildman–Crippen MR) is 106 cm³/mol. The summed E-state index contributed by atoms with van der Waals surface area (Å²) < 4.78 is 11.1. The lowest BCUT2D eigenvalue weighted by atomic mass is 10.1. The highest BCUT2D eigenvalue weighted by atomic mass is 32.1. The van der Waals surface area contributed by atoms with Crippen LogP contribution in [-0.4, -0.2) is 34.5 Å². The molecule has 1 heterocycles. The number of carboxylic acids is 1. The third kappa shape index (κ3) is 4.27. The van der Waals surface area contributed by atoms with E-state index in [-0.39, 0.29) is 29.6 Å². The van der Waals surface area contributed by atoms with E-state index in [1.165, 1.54) is 0 Å². The lowest BCUT2D eigenvalue weighted by Gasteiger charge is -2.10. The van der Waals surface area contributed by atoms with Crippen molar-refractivity contribution in [3.8, 4) is 27.7 Å². The second-order valence-electron chi connectivity index (χ2n) is 6.05. The molecule has 2 aromatic carbocycles. The molecule has 0 bridgehead atoms. The SMILES string of the molecule is Cc1c(-c2ccc(OCc3ccccc3)c(O)c2)sc(C(=O)O)c1OCCO. The summed E-state index contributed by atoms with van der Waals surface area (Å²) in [6.45, 7) is 1.88. The van der Waals surface area contributed by atoms with Gasteiger partial charge in [-0.05, 0) is 36.2 Å². The zero-order valence-corrected chi connectivity index (χ0v) is 16.0. The summed E-state index contributed by atoms with van der Waals surface area (Å²) in [6, 6.07) is 14.6. The fraction of sp³-hybridized carbons (Fsp3) is 0.190. The van der Waals surface area contributed by atoms with Gasteiger partial charge < -0.3 is 24.8 Å². The van der Waals surface area contributed by atoms with Gasteiger partial charge in [-0.25, -0.2) is 4.79 Å². The van der Waals surface area contributed by atoms with Gasteiger partial charge in [-0.3, -0.25) is 0 Å². The molecule has 6 nitrogen and oxygen atoms in total. The van der Waals surface area contributed by atoms with Gasteiger partial charge >= 0.3 is 5.97 Å². The number of carboxylic acid groups (broad SMARTS) is 1. The largest absolute Gasteiger partial charge is 0.504 e. The summed E-state index contributed by atoms with van der Waals surface area (Å²) in [4.78, 5) is 12.3. The molecule has 0 fully saturated rings. The summed E-state index contributed by atoms with van der Waals surface area (Å²) in [5.41, 5.74) is 2.29. The number of phenolic OH excluding ortho intramolecular Hbond substituents is 1. The molecule has 0 amide bonds. The van der Waals surface area contributed by atoms with E-state index in [0.29, 0.717) is 28.4 Å². The minimum atomic E-state index is -1.10. The van der Waals surface area contributed by atoms with E-state index in [1.807, 2.05) is 30.3 Å². The minimum Gasteiger partial charge on any atom is -0.504 e. The number of phenols is 1. The summed E-state index contributed by atoms with van der Waals surface area (Å²) in [7, 11) is 0. The first-order valence-corrected chi connectivity index (χ1v) is 9.43. The monoisotopic (exact) mass is 400 g/mol. The average Bonchev–Trinajstić information content (AvgIpc) is 3.03. The van der Waals surface area contributed by atoms with E-state index >= 15 is 0 Å². The maximum Gasteiger partial charge on any atom is 0.349 e. The molecule has 0 unspecified atom stereocenters. The van der Waals surface area contributed by atoms with Crippen molar-refractivity contribution in [1.82, 2.24) is 0 Å². The molecule has 0 saturated heterocycles. The summed E-state index contributed by atoms with van der Waals surface area (Å²) >= 11 is 1.06. The molecule has 146 valence electrons. The van der Waals surface area contributed by atoms with Crippen LogP contribution < -0.4 is 9.47 Å². The fourth-order valence-electron chi connectivity index (χ4n) is 2.75. The highest BCUT2D eigenvalue weighted by Crippen LogP contribution is 2.43. The van der Waals surface area contributed by atoms with Crippen LogP contribution in [0, 0.1) is 6.92 Å². The Kier molecular flexibility index (Phi) is 6.18. The topological polar surface area (TPSA) is 96.2 Å². The summed E-state index contributed by atoms with van der Waals surface area (Å²) in [5, 5.41) is 28.7. The van der Waals surface area contributed by atoms with Gasteiger partial charge in [0.25, 0.3) is 0 Å². The number of aromatic carboxylic acids is 1. The van der Waals surface area contributed by atoms with Crippen LogP contribution in [0.1, 0.15) is 20.8 Å². The minimum absolute atomic E-state index is 0.00874. The normalized spacial score (nSPS) is 10.6. The first-order chi connectivity index (χ1) is 13.5. The zero-order valence-electron chi connectivity index (χ0n) is 15.2. The van der Waals surface area contributed by atoms with Crippen molar-refractivity contribution in [2.24, 2.45) is 0 Å². The Morgan fingerprint density at radius 3 is 2.50 bits per heavy atom. The van der Waals surface area contributed by atoms with Crippen LogP contribution in [0.4, 0.5) is 0 Å². The van der Waals surface area contributed by atoms with Crippen molar-refractivity contribution < 1.29 is 29.6 Å². The van der Waals surface area contributed by atoms with E-state index in [4.69, 9.17) is 14.6 Å². The van der Waals surface area contributed by atoms with Crippen molar-refractivity contribution in [3.63, 3.8) is 0 Å². The number of aliphatic hydroxyl groups is 1. The quantitative estimate of drug-likeness (QED) is 0.527. The highest BCUT2D eigenvalue weighted by molar-refractivity contribution is 7.18. The number of aromatic hydroxyl groups is 1. The van der Waals surface area contributed by atoms with Gasteiger partial charge in [0.05, 0.1) is 6.61 Å². The smallest absolute Gasteiger partial charge is 0.349 e. The number of hydrogen-bond acceptors (Lipinski definition) is 6. The first-order valence-electron chi connectivity index (χ1n) is 8.61. The van der Waals surface area contributed by atoms with Crippen molar-refractivity contribution in [3.05, 3.63) is 64.5 Å². The molecule has 0 aliphatic carbocycles. The molecule has 0 atom stereocenters. The van der Waals surface area contributed by atoms with Gasteiger partial charge in [-0.1, -0.05) is 30.3 Å². The van der Waals surface area contributed by atoms with Gasteiger partial charge in [-0.15, -0.1) is 11.3 Å². The molecule has 0 aliphatic rings. The Labute approximate surface area is 166 Å². The van der Waals surface area contributed by atoms with Crippen molar-refractivity contribution in [1.29, 1.82) is 0 Å². The van der Waals surface area contributed by atoms with E-state index in [2.05, 4.69) is 0 Å². The van der Waals surface area contributed by atoms with E-state index < -0.39 is 5.97 Å². The molecule has 3 N–H and O–H groups in total. The lowest BCUT2D eigenvalue weighted by Crippen LogP contribution is -2.05. The molecule has 3 rings (SSSR count). The zero-order chi connectivity index (χ0) is 20.1. The first kappa shape index (κ1) is 19.7. The molecule has 28 heavy (non-hydrogen) atoms. The maximum atomic E-state index is 11.5. The fourth-order valence-corrected chi connectivity index (χ4v) is 3.84. The lowest BCUT2D eigenvalue weighted by molar-refractivity contribution is 0.0696. The Hall–Kier alpha value is -3.03. The number of thiophene rings is 1. The van der Waals surface area contributed by atoms with Crippen LogP contribution in [0.5, 0.6) is 17.2 Å². The second kappa shape index (κ2) is 8.77. The van der Waals surface area contributed by atoms with Crippen LogP contribution in [0.2, 0.25) is 0 Å². The van der Waals surface area contributed by atoms with Gasteiger partial charge in [-0.2, -0.15) is 0 Å². The van der Waals surface area contributed by atoms with E-state index in [9.17, 15) is 15.0 Å². The molecule has 7 heteroatoms.